The van der Waals surface area contributed by atoms with Gasteiger partial charge in [-0.1, -0.05) is 20.3 Å². The monoisotopic (exact) mass is 383 g/mol. The maximum absolute atomic E-state index is 12.6. The van der Waals surface area contributed by atoms with Crippen LogP contribution < -0.4 is 10.6 Å². The topological polar surface area (TPSA) is 44.4 Å². The molecule has 1 aromatic rings. The first-order chi connectivity index (χ1) is 12.7. The van der Waals surface area contributed by atoms with Crippen molar-refractivity contribution in [3.05, 3.63) is 29.8 Å². The molecule has 27 heavy (non-hydrogen) atoms. The number of rotatable bonds is 4. The smallest absolute Gasteiger partial charge is 0.335 e. The lowest BCUT2D eigenvalue weighted by molar-refractivity contribution is -0.137. The second-order valence-electron chi connectivity index (χ2n) is 8.17. The van der Waals surface area contributed by atoms with Gasteiger partial charge in [0, 0.05) is 30.4 Å². The molecule has 7 heteroatoms. The molecule has 0 saturated carbocycles. The first-order valence-electron chi connectivity index (χ1n) is 9.73. The fourth-order valence-electron chi connectivity index (χ4n) is 4.41. The molecule has 4 nitrogen and oxygen atoms in total. The maximum atomic E-state index is 12.6. The number of nitrogens with zero attached hydrogens (tertiary/aromatic N) is 1. The van der Waals surface area contributed by atoms with Crippen LogP contribution in [0.5, 0.6) is 0 Å². The quantitative estimate of drug-likeness (QED) is 0.779. The molecule has 2 saturated heterocycles. The zero-order chi connectivity index (χ0) is 19.6. The van der Waals surface area contributed by atoms with Gasteiger partial charge in [-0.3, -0.25) is 4.90 Å². The number of piperidine rings is 2. The van der Waals surface area contributed by atoms with Crippen molar-refractivity contribution in [2.75, 3.05) is 11.9 Å². The summed E-state index contributed by atoms with van der Waals surface area (Å²) in [6.45, 7) is 5.56. The van der Waals surface area contributed by atoms with Gasteiger partial charge in [-0.2, -0.15) is 13.2 Å². The molecule has 1 aromatic carbocycles. The summed E-state index contributed by atoms with van der Waals surface area (Å²) in [6.07, 6.45) is 1.08. The van der Waals surface area contributed by atoms with Gasteiger partial charge in [0.25, 0.3) is 0 Å². The van der Waals surface area contributed by atoms with Gasteiger partial charge in [-0.25, -0.2) is 4.79 Å². The third-order valence-corrected chi connectivity index (χ3v) is 5.51. The minimum Gasteiger partial charge on any atom is -0.335 e. The maximum Gasteiger partial charge on any atom is 0.416 e. The Morgan fingerprint density at radius 3 is 2.26 bits per heavy atom. The van der Waals surface area contributed by atoms with Gasteiger partial charge >= 0.3 is 12.2 Å². The van der Waals surface area contributed by atoms with Crippen molar-refractivity contribution in [3.8, 4) is 0 Å². The molecule has 0 spiro atoms. The Hall–Kier alpha value is -1.76. The highest BCUT2D eigenvalue weighted by Gasteiger charge is 2.38. The van der Waals surface area contributed by atoms with E-state index in [-0.39, 0.29) is 12.1 Å². The molecule has 0 aromatic heterocycles. The van der Waals surface area contributed by atoms with Crippen molar-refractivity contribution in [1.82, 2.24) is 10.2 Å². The molecule has 2 bridgehead atoms. The number of halogens is 3. The lowest BCUT2D eigenvalue weighted by atomic mass is 9.81. The number of urea groups is 1. The van der Waals surface area contributed by atoms with Gasteiger partial charge in [-0.15, -0.1) is 0 Å². The van der Waals surface area contributed by atoms with E-state index in [0.29, 0.717) is 23.7 Å². The predicted octanol–water partition coefficient (Wildman–Crippen LogP) is 4.87. The van der Waals surface area contributed by atoms with E-state index in [0.717, 1.165) is 31.5 Å². The summed E-state index contributed by atoms with van der Waals surface area (Å²) in [5.74, 6) is 0.626. The summed E-state index contributed by atoms with van der Waals surface area (Å²) in [4.78, 5) is 14.9. The normalized spacial score (nSPS) is 26.1. The van der Waals surface area contributed by atoms with Crippen molar-refractivity contribution < 1.29 is 18.0 Å². The van der Waals surface area contributed by atoms with Gasteiger partial charge in [0.05, 0.1) is 5.56 Å². The highest BCUT2D eigenvalue weighted by Crippen LogP contribution is 2.34. The molecule has 3 rings (SSSR count). The highest BCUT2D eigenvalue weighted by atomic mass is 19.4. The molecule has 3 atom stereocenters. The fourth-order valence-corrected chi connectivity index (χ4v) is 4.41. The summed E-state index contributed by atoms with van der Waals surface area (Å²) in [7, 11) is 0. The Labute approximate surface area is 158 Å². The van der Waals surface area contributed by atoms with E-state index >= 15 is 0 Å². The van der Waals surface area contributed by atoms with Crippen LogP contribution in [0.2, 0.25) is 0 Å². The number of amides is 2. The van der Waals surface area contributed by atoms with E-state index in [1.165, 1.54) is 31.4 Å². The number of alkyl halides is 3. The molecule has 150 valence electrons. The summed E-state index contributed by atoms with van der Waals surface area (Å²) >= 11 is 0. The van der Waals surface area contributed by atoms with Crippen LogP contribution in [0.1, 0.15) is 51.5 Å². The first kappa shape index (κ1) is 20.0. The van der Waals surface area contributed by atoms with Crippen molar-refractivity contribution >= 4 is 11.7 Å². The molecule has 1 unspecified atom stereocenters. The number of hydrogen-bond acceptors (Lipinski definition) is 2. The second-order valence-corrected chi connectivity index (χ2v) is 8.17. The highest BCUT2D eigenvalue weighted by molar-refractivity contribution is 5.89. The zero-order valence-corrected chi connectivity index (χ0v) is 15.9. The lowest BCUT2D eigenvalue weighted by Gasteiger charge is -2.49. The third kappa shape index (κ3) is 5.15. The van der Waals surface area contributed by atoms with E-state index < -0.39 is 11.7 Å². The number of anilines is 1. The van der Waals surface area contributed by atoms with E-state index in [4.69, 9.17) is 0 Å². The fraction of sp³-hybridized carbons (Fsp3) is 0.650. The lowest BCUT2D eigenvalue weighted by Crippen LogP contribution is -2.58. The van der Waals surface area contributed by atoms with Crippen molar-refractivity contribution in [2.24, 2.45) is 5.92 Å². The van der Waals surface area contributed by atoms with Crippen LogP contribution in [-0.4, -0.2) is 35.6 Å². The van der Waals surface area contributed by atoms with E-state index in [1.807, 2.05) is 0 Å². The van der Waals surface area contributed by atoms with Crippen molar-refractivity contribution in [2.45, 2.75) is 70.3 Å². The van der Waals surface area contributed by atoms with Crippen molar-refractivity contribution in [1.29, 1.82) is 0 Å². The largest absolute Gasteiger partial charge is 0.416 e. The summed E-state index contributed by atoms with van der Waals surface area (Å²) in [6, 6.07) is 5.29. The minimum atomic E-state index is -4.37. The summed E-state index contributed by atoms with van der Waals surface area (Å²) in [5.41, 5.74) is -0.364. The van der Waals surface area contributed by atoms with Crippen LogP contribution in [0.4, 0.5) is 23.7 Å². The second kappa shape index (κ2) is 8.09. The van der Waals surface area contributed by atoms with Crippen LogP contribution in [0.25, 0.3) is 0 Å². The molecule has 2 amide bonds. The molecule has 2 N–H and O–H groups in total. The molecular formula is C20H28F3N3O. The van der Waals surface area contributed by atoms with Gasteiger partial charge in [0.15, 0.2) is 0 Å². The van der Waals surface area contributed by atoms with Crippen LogP contribution in [0.3, 0.4) is 0 Å². The first-order valence-corrected chi connectivity index (χ1v) is 9.73. The Balaban J connectivity index is 1.54. The van der Waals surface area contributed by atoms with E-state index in [9.17, 15) is 18.0 Å². The van der Waals surface area contributed by atoms with E-state index in [2.05, 4.69) is 29.4 Å². The van der Waals surface area contributed by atoms with Crippen LogP contribution in [0, 0.1) is 5.92 Å². The number of carbonyl (C=O) groups excluding carboxylic acids is 1. The average molecular weight is 383 g/mol. The molecule has 2 aliphatic rings. The number of fused-ring (bicyclic) bond motifs is 2. The molecule has 2 heterocycles. The Kier molecular flexibility index (Phi) is 5.99. The van der Waals surface area contributed by atoms with Gasteiger partial charge < -0.3 is 10.6 Å². The average Bonchev–Trinajstić information content (AvgIpc) is 2.54. The Morgan fingerprint density at radius 1 is 1.15 bits per heavy atom. The van der Waals surface area contributed by atoms with Crippen molar-refractivity contribution in [3.63, 3.8) is 0 Å². The molecule has 2 fully saturated rings. The number of benzene rings is 1. The van der Waals surface area contributed by atoms with Crippen LogP contribution in [0.15, 0.2) is 24.3 Å². The standard InChI is InChI=1S/C20H28F3N3O/c1-13(2)12-26-17-4-3-5-18(26)11-16(10-17)25-19(27)24-15-8-6-14(7-9-15)20(21,22)23/h6-9,13,16-18H,3-5,10-12H2,1-2H3,(H2,24,25,27)/t16?,17-,18+. The molecule has 2 aliphatic heterocycles. The molecule has 0 aliphatic carbocycles. The summed E-state index contributed by atoms with van der Waals surface area (Å²) < 4.78 is 37.8. The Morgan fingerprint density at radius 2 is 1.74 bits per heavy atom. The molecule has 0 radical (unpaired) electrons. The van der Waals surface area contributed by atoms with E-state index in [1.54, 1.807) is 0 Å². The predicted molar refractivity (Wildman–Crippen MR) is 99.6 cm³/mol. The van der Waals surface area contributed by atoms with Crippen LogP contribution >= 0.6 is 0 Å². The van der Waals surface area contributed by atoms with Gasteiger partial charge in [0.1, 0.15) is 0 Å². The third-order valence-electron chi connectivity index (χ3n) is 5.51. The number of carbonyl (C=O) groups is 1. The van der Waals surface area contributed by atoms with Gasteiger partial charge in [0.2, 0.25) is 0 Å². The van der Waals surface area contributed by atoms with Gasteiger partial charge in [-0.05, 0) is 55.9 Å². The Bertz CT molecular complexity index is 631. The zero-order valence-electron chi connectivity index (χ0n) is 15.9. The number of hydrogen-bond donors (Lipinski definition) is 2. The SMILES string of the molecule is CC(C)CN1[C@@H]2CCC[C@H]1CC(NC(=O)Nc1ccc(C(F)(F)F)cc1)C2. The number of nitrogens with one attached hydrogen (secondary N) is 2. The minimum absolute atomic E-state index is 0.109. The summed E-state index contributed by atoms with van der Waals surface area (Å²) in [5, 5.41) is 5.66. The van der Waals surface area contributed by atoms with Crippen LogP contribution in [-0.2, 0) is 6.18 Å². The molecular weight excluding hydrogens is 355 g/mol.